The summed E-state index contributed by atoms with van der Waals surface area (Å²) in [6, 6.07) is 4.00. The quantitative estimate of drug-likeness (QED) is 0.815. The van der Waals surface area contributed by atoms with Crippen molar-refractivity contribution in [3.63, 3.8) is 0 Å². The second-order valence-electron chi connectivity index (χ2n) is 7.60. The van der Waals surface area contributed by atoms with Crippen molar-refractivity contribution in [2.75, 3.05) is 32.7 Å². The lowest BCUT2D eigenvalue weighted by molar-refractivity contribution is 0.0137. The van der Waals surface area contributed by atoms with Crippen molar-refractivity contribution in [2.45, 2.75) is 38.8 Å². The smallest absolute Gasteiger partial charge is 0.410 e. The number of amides is 1. The van der Waals surface area contributed by atoms with Crippen LogP contribution in [0.2, 0.25) is 5.15 Å². The summed E-state index contributed by atoms with van der Waals surface area (Å²) < 4.78 is 5.47. The minimum absolute atomic E-state index is 0.218. The molecular weight excluding hydrogens is 354 g/mol. The highest BCUT2D eigenvalue weighted by atomic mass is 35.5. The summed E-state index contributed by atoms with van der Waals surface area (Å²) in [5.41, 5.74) is 0.663. The number of ether oxygens (including phenoxy) is 1. The molecule has 1 atom stereocenters. The van der Waals surface area contributed by atoms with Crippen molar-refractivity contribution in [1.82, 2.24) is 20.1 Å². The zero-order valence-electron chi connectivity index (χ0n) is 15.5. The van der Waals surface area contributed by atoms with Crippen LogP contribution in [0.5, 0.6) is 0 Å². The van der Waals surface area contributed by atoms with E-state index in [4.69, 9.17) is 16.3 Å². The average Bonchev–Trinajstić information content (AvgIpc) is 2.97. The normalized spacial score (nSPS) is 19.8. The molecule has 7 nitrogen and oxygen atoms in total. The van der Waals surface area contributed by atoms with Gasteiger partial charge in [-0.05, 0) is 38.8 Å². The number of nitrogens with zero attached hydrogens (tertiary/aromatic N) is 4. The SMILES string of the molecule is CC(C)(C)OC(=O)N1CCN2C(NCCc3ccc(Cl)nc3)=NCC2C1. The van der Waals surface area contributed by atoms with E-state index in [1.807, 2.05) is 26.8 Å². The number of guanidine groups is 1. The monoisotopic (exact) mass is 379 g/mol. The molecule has 142 valence electrons. The third-order valence-electron chi connectivity index (χ3n) is 4.34. The Labute approximate surface area is 159 Å². The van der Waals surface area contributed by atoms with E-state index in [0.29, 0.717) is 24.8 Å². The minimum atomic E-state index is -0.469. The lowest BCUT2D eigenvalue weighted by Crippen LogP contribution is -2.57. The molecule has 0 bridgehead atoms. The molecule has 1 aromatic rings. The number of carbonyl (C=O) groups excluding carboxylic acids is 1. The maximum Gasteiger partial charge on any atom is 0.410 e. The van der Waals surface area contributed by atoms with Crippen molar-refractivity contribution in [3.8, 4) is 0 Å². The van der Waals surface area contributed by atoms with Crippen molar-refractivity contribution in [2.24, 2.45) is 4.99 Å². The van der Waals surface area contributed by atoms with Gasteiger partial charge in [0, 0.05) is 32.4 Å². The Morgan fingerprint density at radius 2 is 2.19 bits per heavy atom. The summed E-state index contributed by atoms with van der Waals surface area (Å²) in [4.78, 5) is 25.0. The number of pyridine rings is 1. The molecule has 2 aliphatic rings. The first-order chi connectivity index (χ1) is 12.3. The molecule has 26 heavy (non-hydrogen) atoms. The molecular formula is C18H26ClN5O2. The van der Waals surface area contributed by atoms with Gasteiger partial charge in [-0.1, -0.05) is 17.7 Å². The Balaban J connectivity index is 1.46. The lowest BCUT2D eigenvalue weighted by atomic mass is 10.2. The van der Waals surface area contributed by atoms with Crippen LogP contribution in [0.1, 0.15) is 26.3 Å². The summed E-state index contributed by atoms with van der Waals surface area (Å²) in [5, 5.41) is 3.91. The topological polar surface area (TPSA) is 70.1 Å². The largest absolute Gasteiger partial charge is 0.444 e. The molecule has 0 spiro atoms. The third-order valence-corrected chi connectivity index (χ3v) is 4.57. The number of hydrogen-bond donors (Lipinski definition) is 1. The second kappa shape index (κ2) is 7.70. The molecule has 8 heteroatoms. The van der Waals surface area contributed by atoms with Crippen molar-refractivity contribution >= 4 is 23.7 Å². The summed E-state index contributed by atoms with van der Waals surface area (Å²) >= 11 is 5.81. The fourth-order valence-corrected chi connectivity index (χ4v) is 3.21. The van der Waals surface area contributed by atoms with Crippen LogP contribution in [-0.2, 0) is 11.2 Å². The van der Waals surface area contributed by atoms with Crippen molar-refractivity contribution in [3.05, 3.63) is 29.0 Å². The number of hydrogen-bond acceptors (Lipinski definition) is 6. The highest BCUT2D eigenvalue weighted by molar-refractivity contribution is 6.29. The van der Waals surface area contributed by atoms with E-state index in [-0.39, 0.29) is 12.1 Å². The number of piperazine rings is 1. The lowest BCUT2D eigenvalue weighted by Gasteiger charge is -2.39. The fraction of sp³-hybridized carbons (Fsp3) is 0.611. The Bertz CT molecular complexity index is 671. The van der Waals surface area contributed by atoms with Crippen LogP contribution in [0.4, 0.5) is 4.79 Å². The zero-order chi connectivity index (χ0) is 18.7. The summed E-state index contributed by atoms with van der Waals surface area (Å²) in [6.45, 7) is 9.19. The Morgan fingerprint density at radius 1 is 1.38 bits per heavy atom. The minimum Gasteiger partial charge on any atom is -0.444 e. The summed E-state index contributed by atoms with van der Waals surface area (Å²) in [6.07, 6.45) is 2.41. The third kappa shape index (κ3) is 4.78. The van der Waals surface area contributed by atoms with Gasteiger partial charge >= 0.3 is 6.09 Å². The van der Waals surface area contributed by atoms with Gasteiger partial charge in [-0.2, -0.15) is 0 Å². The van der Waals surface area contributed by atoms with Gasteiger partial charge in [0.2, 0.25) is 0 Å². The molecule has 0 radical (unpaired) electrons. The molecule has 0 aromatic carbocycles. The molecule has 0 saturated carbocycles. The number of nitrogens with one attached hydrogen (secondary N) is 1. The van der Waals surface area contributed by atoms with Crippen LogP contribution in [-0.4, -0.2) is 71.2 Å². The first kappa shape index (κ1) is 18.8. The predicted octanol–water partition coefficient (Wildman–Crippen LogP) is 2.16. The standard InChI is InChI=1S/C18H26ClN5O2/c1-18(2,3)26-17(25)23-8-9-24-14(12-23)11-22-16(24)20-7-6-13-4-5-15(19)21-10-13/h4-5,10,14H,6-9,11-12H2,1-3H3,(H,20,22). The second-order valence-corrected chi connectivity index (χ2v) is 7.99. The van der Waals surface area contributed by atoms with Gasteiger partial charge in [-0.25, -0.2) is 9.78 Å². The molecule has 1 unspecified atom stereocenters. The number of aliphatic imine (C=N–C) groups is 1. The van der Waals surface area contributed by atoms with Crippen molar-refractivity contribution in [1.29, 1.82) is 0 Å². The predicted molar refractivity (Wildman–Crippen MR) is 102 cm³/mol. The molecule has 1 amide bonds. The van der Waals surface area contributed by atoms with Crippen molar-refractivity contribution < 1.29 is 9.53 Å². The molecule has 1 N–H and O–H groups in total. The van der Waals surface area contributed by atoms with Crippen LogP contribution < -0.4 is 5.32 Å². The van der Waals surface area contributed by atoms with E-state index < -0.39 is 5.60 Å². The van der Waals surface area contributed by atoms with Gasteiger partial charge < -0.3 is 19.9 Å². The number of fused-ring (bicyclic) bond motifs is 1. The van der Waals surface area contributed by atoms with Crippen LogP contribution in [0.3, 0.4) is 0 Å². The Hall–Kier alpha value is -2.02. The maximum atomic E-state index is 12.3. The van der Waals surface area contributed by atoms with E-state index >= 15 is 0 Å². The van der Waals surface area contributed by atoms with E-state index in [2.05, 4.69) is 20.2 Å². The summed E-state index contributed by atoms with van der Waals surface area (Å²) in [7, 11) is 0. The number of rotatable bonds is 3. The van der Waals surface area contributed by atoms with Crippen LogP contribution in [0.15, 0.2) is 23.3 Å². The first-order valence-corrected chi connectivity index (χ1v) is 9.33. The van der Waals surface area contributed by atoms with Gasteiger partial charge in [0.25, 0.3) is 0 Å². The average molecular weight is 380 g/mol. The molecule has 1 saturated heterocycles. The van der Waals surface area contributed by atoms with Gasteiger partial charge in [0.1, 0.15) is 10.8 Å². The number of aromatic nitrogens is 1. The van der Waals surface area contributed by atoms with Gasteiger partial charge in [0.15, 0.2) is 5.96 Å². The highest BCUT2D eigenvalue weighted by Gasteiger charge is 2.36. The number of carbonyl (C=O) groups is 1. The zero-order valence-corrected chi connectivity index (χ0v) is 16.3. The fourth-order valence-electron chi connectivity index (χ4n) is 3.10. The first-order valence-electron chi connectivity index (χ1n) is 8.95. The van der Waals surface area contributed by atoms with E-state index in [0.717, 1.165) is 31.0 Å². The van der Waals surface area contributed by atoms with Gasteiger partial charge in [-0.15, -0.1) is 0 Å². The molecule has 3 rings (SSSR count). The van der Waals surface area contributed by atoms with Gasteiger partial charge in [0.05, 0.1) is 12.6 Å². The molecule has 3 heterocycles. The maximum absolute atomic E-state index is 12.3. The molecule has 1 aromatic heterocycles. The Kier molecular flexibility index (Phi) is 5.55. The van der Waals surface area contributed by atoms with Crippen LogP contribution in [0.25, 0.3) is 0 Å². The Morgan fingerprint density at radius 3 is 2.88 bits per heavy atom. The van der Waals surface area contributed by atoms with Gasteiger partial charge in [-0.3, -0.25) is 4.99 Å². The molecule has 0 aliphatic carbocycles. The number of halogens is 1. The van der Waals surface area contributed by atoms with Crippen LogP contribution >= 0.6 is 11.6 Å². The molecule has 1 fully saturated rings. The van der Waals surface area contributed by atoms with E-state index in [9.17, 15) is 4.79 Å². The van der Waals surface area contributed by atoms with E-state index in [1.54, 1.807) is 17.2 Å². The van der Waals surface area contributed by atoms with E-state index in [1.165, 1.54) is 0 Å². The van der Waals surface area contributed by atoms with Crippen LogP contribution in [0, 0.1) is 0 Å². The highest BCUT2D eigenvalue weighted by Crippen LogP contribution is 2.18. The molecule has 2 aliphatic heterocycles. The summed E-state index contributed by atoms with van der Waals surface area (Å²) in [5.74, 6) is 0.917.